The molecule has 2 aromatic rings. The molecule has 2 amide bonds. The Labute approximate surface area is 211 Å². The molecule has 8 nitrogen and oxygen atoms in total. The minimum atomic E-state index is -3.22. The first-order valence-corrected chi connectivity index (χ1v) is 15.3. The lowest BCUT2D eigenvalue weighted by Crippen LogP contribution is -2.74. The summed E-state index contributed by atoms with van der Waals surface area (Å²) in [5.74, 6) is 3.66. The Morgan fingerprint density at radius 1 is 1.03 bits per heavy atom. The van der Waals surface area contributed by atoms with Gasteiger partial charge in [0.25, 0.3) is 0 Å². The van der Waals surface area contributed by atoms with Crippen LogP contribution in [0.2, 0.25) is 0 Å². The zero-order valence-electron chi connectivity index (χ0n) is 20.7. The first kappa shape index (κ1) is 21.6. The second kappa shape index (κ2) is 6.71. The highest BCUT2D eigenvalue weighted by Gasteiger charge is 2.72. The molecule has 9 heteroatoms. The van der Waals surface area contributed by atoms with Crippen LogP contribution in [-0.2, 0) is 15.3 Å². The van der Waals surface area contributed by atoms with Crippen molar-refractivity contribution in [2.45, 2.75) is 67.1 Å². The molecule has 5 aliphatic carbocycles. The summed E-state index contributed by atoms with van der Waals surface area (Å²) in [5, 5.41) is 7.56. The number of benzene rings is 1. The average Bonchev–Trinajstić information content (AvgIpc) is 3.43. The molecule has 9 rings (SSSR count). The van der Waals surface area contributed by atoms with E-state index in [9.17, 15) is 13.2 Å². The highest BCUT2D eigenvalue weighted by atomic mass is 32.2. The van der Waals surface area contributed by atoms with Gasteiger partial charge in [-0.3, -0.25) is 5.10 Å². The maximum atomic E-state index is 13.1. The number of aromatic amines is 1. The molecule has 7 aliphatic rings. The van der Waals surface area contributed by atoms with Crippen molar-refractivity contribution in [1.29, 1.82) is 0 Å². The lowest BCUT2D eigenvalue weighted by molar-refractivity contribution is -0.209. The third-order valence-corrected chi connectivity index (χ3v) is 11.6. The molecular weight excluding hydrogens is 474 g/mol. The van der Waals surface area contributed by atoms with Gasteiger partial charge in [-0.25, -0.2) is 18.2 Å². The Balaban J connectivity index is 0.830. The number of amides is 2. The van der Waals surface area contributed by atoms with Gasteiger partial charge in [-0.1, -0.05) is 18.2 Å². The number of sulfone groups is 1. The number of H-pyrrole nitrogens is 1. The van der Waals surface area contributed by atoms with E-state index in [1.165, 1.54) is 19.1 Å². The second-order valence-electron chi connectivity index (χ2n) is 13.1. The van der Waals surface area contributed by atoms with Crippen molar-refractivity contribution in [1.82, 2.24) is 25.0 Å². The summed E-state index contributed by atoms with van der Waals surface area (Å²) in [6.45, 7) is 3.47. The summed E-state index contributed by atoms with van der Waals surface area (Å²) in [7, 11) is -3.22. The number of likely N-dealkylation sites (tertiary alicyclic amines) is 2. The van der Waals surface area contributed by atoms with Gasteiger partial charge in [0.2, 0.25) is 0 Å². The van der Waals surface area contributed by atoms with Gasteiger partial charge in [-0.05, 0) is 73.3 Å². The van der Waals surface area contributed by atoms with Crippen molar-refractivity contribution in [3.63, 3.8) is 0 Å². The molecule has 36 heavy (non-hydrogen) atoms. The molecule has 2 aliphatic heterocycles. The van der Waals surface area contributed by atoms with E-state index in [0.29, 0.717) is 33.5 Å². The monoisotopic (exact) mass is 507 g/mol. The van der Waals surface area contributed by atoms with Crippen LogP contribution in [0.15, 0.2) is 29.2 Å². The Hall–Kier alpha value is -2.42. The van der Waals surface area contributed by atoms with Crippen LogP contribution in [0.3, 0.4) is 0 Å². The maximum absolute atomic E-state index is 13.1. The van der Waals surface area contributed by atoms with Gasteiger partial charge in [0.05, 0.1) is 4.90 Å². The quantitative estimate of drug-likeness (QED) is 0.668. The van der Waals surface area contributed by atoms with E-state index in [-0.39, 0.29) is 11.4 Å². The van der Waals surface area contributed by atoms with Crippen LogP contribution in [0, 0.1) is 16.7 Å². The Morgan fingerprint density at radius 3 is 2.39 bits per heavy atom. The summed E-state index contributed by atoms with van der Waals surface area (Å²) in [6, 6.07) is 7.75. The molecular formula is C27H33N5O3S. The number of carbonyl (C=O) groups excluding carboxylic acids is 1. The number of aromatic nitrogens is 3. The summed E-state index contributed by atoms with van der Waals surface area (Å²) >= 11 is 0. The van der Waals surface area contributed by atoms with Crippen molar-refractivity contribution in [3.8, 4) is 0 Å². The summed E-state index contributed by atoms with van der Waals surface area (Å²) < 4.78 is 24.6. The predicted octanol–water partition coefficient (Wildman–Crippen LogP) is 3.44. The average molecular weight is 508 g/mol. The second-order valence-corrected chi connectivity index (χ2v) is 15.1. The smallest absolute Gasteiger partial charge is 0.320 e. The van der Waals surface area contributed by atoms with E-state index in [1.807, 2.05) is 28.0 Å². The number of rotatable bonds is 5. The molecule has 5 saturated carbocycles. The van der Waals surface area contributed by atoms with E-state index < -0.39 is 9.84 Å². The molecule has 2 saturated heterocycles. The molecule has 1 N–H and O–H groups in total. The lowest BCUT2D eigenvalue weighted by atomic mass is 9.30. The largest absolute Gasteiger partial charge is 0.324 e. The fourth-order valence-electron chi connectivity index (χ4n) is 8.37. The highest BCUT2D eigenvalue weighted by Crippen LogP contribution is 2.77. The lowest BCUT2D eigenvalue weighted by Gasteiger charge is -2.76. The van der Waals surface area contributed by atoms with Crippen LogP contribution in [0.5, 0.6) is 0 Å². The van der Waals surface area contributed by atoms with E-state index in [2.05, 4.69) is 10.2 Å². The summed E-state index contributed by atoms with van der Waals surface area (Å²) in [4.78, 5) is 22.4. The van der Waals surface area contributed by atoms with Gasteiger partial charge in [-0.15, -0.1) is 0 Å². The molecule has 0 unspecified atom stereocenters. The fourth-order valence-corrected chi connectivity index (χ4v) is 9.38. The van der Waals surface area contributed by atoms with Gasteiger partial charge in [0.15, 0.2) is 15.7 Å². The number of hydrogen-bond donors (Lipinski definition) is 1. The minimum Gasteiger partial charge on any atom is -0.324 e. The van der Waals surface area contributed by atoms with Gasteiger partial charge < -0.3 is 9.80 Å². The predicted molar refractivity (Wildman–Crippen MR) is 132 cm³/mol. The molecule has 0 atom stereocenters. The summed E-state index contributed by atoms with van der Waals surface area (Å²) in [6.07, 6.45) is 9.18. The first-order chi connectivity index (χ1) is 17.2. The fraction of sp³-hybridized carbons (Fsp3) is 0.667. The normalized spacial score (nSPS) is 32.8. The molecule has 1 aromatic carbocycles. The number of hydrogen-bond acceptors (Lipinski definition) is 5. The van der Waals surface area contributed by atoms with Crippen LogP contribution in [0.4, 0.5) is 4.79 Å². The Bertz CT molecular complexity index is 1360. The maximum Gasteiger partial charge on any atom is 0.320 e. The zero-order chi connectivity index (χ0) is 24.5. The standard InChI is InChI=1S/C27H33N5O3S/c1-36(34,35)21-5-3-2-4-20(21)27-12-26(13-27,14-27)19-10-31(11-19)24(33)32-15-25(16-32)8-18(9-25)23-28-22(29-30-23)17-6-7-17/h2-5,17-19H,6-16H2,1H3,(H,28,29,30). The number of carbonyl (C=O) groups is 1. The molecule has 2 bridgehead atoms. The molecule has 1 spiro atoms. The zero-order valence-corrected chi connectivity index (χ0v) is 21.6. The minimum absolute atomic E-state index is 0.0393. The van der Waals surface area contributed by atoms with E-state index in [1.54, 1.807) is 6.07 Å². The van der Waals surface area contributed by atoms with Crippen molar-refractivity contribution in [2.24, 2.45) is 16.7 Å². The summed E-state index contributed by atoms with van der Waals surface area (Å²) in [5.41, 5.74) is 1.66. The molecule has 7 fully saturated rings. The van der Waals surface area contributed by atoms with Gasteiger partial charge >= 0.3 is 6.03 Å². The van der Waals surface area contributed by atoms with Crippen molar-refractivity contribution < 1.29 is 13.2 Å². The SMILES string of the molecule is CS(=O)(=O)c1ccccc1C12CC(C3CN(C(=O)N4CC5(CC(c6nc(C7CC7)n[nH]6)C5)C4)C3)(C1)C2. The molecule has 3 heterocycles. The third-order valence-electron chi connectivity index (χ3n) is 10.5. The molecule has 1 aromatic heterocycles. The van der Waals surface area contributed by atoms with E-state index in [4.69, 9.17) is 4.98 Å². The van der Waals surface area contributed by atoms with Crippen LogP contribution < -0.4 is 0 Å². The number of nitrogens with one attached hydrogen (secondary N) is 1. The highest BCUT2D eigenvalue weighted by molar-refractivity contribution is 7.90. The van der Waals surface area contributed by atoms with Crippen molar-refractivity contribution in [2.75, 3.05) is 32.4 Å². The molecule has 190 valence electrons. The first-order valence-electron chi connectivity index (χ1n) is 13.4. The Morgan fingerprint density at radius 2 is 1.72 bits per heavy atom. The Kier molecular flexibility index (Phi) is 4.04. The van der Waals surface area contributed by atoms with Crippen LogP contribution >= 0.6 is 0 Å². The number of nitrogens with zero attached hydrogens (tertiary/aromatic N) is 4. The van der Waals surface area contributed by atoms with Gasteiger partial charge in [-0.2, -0.15) is 5.10 Å². The van der Waals surface area contributed by atoms with Crippen LogP contribution in [-0.4, -0.2) is 71.9 Å². The topological polar surface area (TPSA) is 99.3 Å². The van der Waals surface area contributed by atoms with Gasteiger partial charge in [0, 0.05) is 49.7 Å². The van der Waals surface area contributed by atoms with Crippen LogP contribution in [0.1, 0.15) is 74.0 Å². The molecule has 0 radical (unpaired) electrons. The van der Waals surface area contributed by atoms with Gasteiger partial charge in [0.1, 0.15) is 5.82 Å². The number of urea groups is 1. The van der Waals surface area contributed by atoms with Crippen LogP contribution in [0.25, 0.3) is 0 Å². The third kappa shape index (κ3) is 2.92. The van der Waals surface area contributed by atoms with Crippen molar-refractivity contribution >= 4 is 15.9 Å². The van der Waals surface area contributed by atoms with Crippen molar-refractivity contribution in [3.05, 3.63) is 41.5 Å². The van der Waals surface area contributed by atoms with E-state index in [0.717, 1.165) is 75.5 Å². The van der Waals surface area contributed by atoms with E-state index >= 15 is 0 Å².